The van der Waals surface area contributed by atoms with Crippen molar-refractivity contribution in [3.05, 3.63) is 23.8 Å². The monoisotopic (exact) mass is 207 g/mol. The van der Waals surface area contributed by atoms with E-state index < -0.39 is 0 Å². The lowest BCUT2D eigenvalue weighted by atomic mass is 10.3. The SMILES string of the molecule is CCNCc1nc(-c2occc2C)no1. The van der Waals surface area contributed by atoms with Gasteiger partial charge in [-0.2, -0.15) is 4.98 Å². The van der Waals surface area contributed by atoms with Crippen LogP contribution in [0.3, 0.4) is 0 Å². The molecule has 0 aliphatic rings. The molecule has 0 aliphatic heterocycles. The number of hydrogen-bond donors (Lipinski definition) is 1. The summed E-state index contributed by atoms with van der Waals surface area (Å²) in [6.45, 7) is 5.42. The van der Waals surface area contributed by atoms with Gasteiger partial charge >= 0.3 is 0 Å². The van der Waals surface area contributed by atoms with E-state index in [2.05, 4.69) is 15.5 Å². The Kier molecular flexibility index (Phi) is 2.82. The second-order valence-corrected chi connectivity index (χ2v) is 3.22. The lowest BCUT2D eigenvalue weighted by Gasteiger charge is -1.92. The molecule has 0 atom stereocenters. The second kappa shape index (κ2) is 4.27. The largest absolute Gasteiger partial charge is 0.461 e. The molecule has 15 heavy (non-hydrogen) atoms. The fourth-order valence-corrected chi connectivity index (χ4v) is 1.25. The molecule has 0 unspecified atom stereocenters. The summed E-state index contributed by atoms with van der Waals surface area (Å²) in [5, 5.41) is 6.96. The van der Waals surface area contributed by atoms with Gasteiger partial charge in [-0.25, -0.2) is 0 Å². The van der Waals surface area contributed by atoms with Crippen LogP contribution >= 0.6 is 0 Å². The van der Waals surface area contributed by atoms with Gasteiger partial charge in [-0.1, -0.05) is 12.1 Å². The van der Waals surface area contributed by atoms with E-state index >= 15 is 0 Å². The summed E-state index contributed by atoms with van der Waals surface area (Å²) in [6.07, 6.45) is 1.62. The predicted molar refractivity (Wildman–Crippen MR) is 54.1 cm³/mol. The molecule has 0 saturated carbocycles. The van der Waals surface area contributed by atoms with Crippen LogP contribution in [-0.2, 0) is 6.54 Å². The summed E-state index contributed by atoms with van der Waals surface area (Å²) in [5.41, 5.74) is 1.01. The van der Waals surface area contributed by atoms with Crippen molar-refractivity contribution < 1.29 is 8.94 Å². The van der Waals surface area contributed by atoms with Crippen LogP contribution in [-0.4, -0.2) is 16.7 Å². The standard InChI is InChI=1S/C10H13N3O2/c1-3-11-6-8-12-10(13-15-8)9-7(2)4-5-14-9/h4-5,11H,3,6H2,1-2H3. The summed E-state index contributed by atoms with van der Waals surface area (Å²) >= 11 is 0. The summed E-state index contributed by atoms with van der Waals surface area (Å²) in [4.78, 5) is 4.22. The van der Waals surface area contributed by atoms with Crippen molar-refractivity contribution in [3.63, 3.8) is 0 Å². The Bertz CT molecular complexity index is 433. The van der Waals surface area contributed by atoms with Crippen LogP contribution in [0.1, 0.15) is 18.4 Å². The molecule has 0 bridgehead atoms. The molecule has 0 fully saturated rings. The van der Waals surface area contributed by atoms with Gasteiger partial charge < -0.3 is 14.3 Å². The highest BCUT2D eigenvalue weighted by Crippen LogP contribution is 2.20. The zero-order chi connectivity index (χ0) is 10.7. The molecule has 1 N–H and O–H groups in total. The minimum absolute atomic E-state index is 0.505. The molecule has 0 radical (unpaired) electrons. The smallest absolute Gasteiger partial charge is 0.241 e. The van der Waals surface area contributed by atoms with Crippen LogP contribution in [0.15, 0.2) is 21.3 Å². The maximum absolute atomic E-state index is 5.26. The number of hydrogen-bond acceptors (Lipinski definition) is 5. The van der Waals surface area contributed by atoms with E-state index in [1.54, 1.807) is 6.26 Å². The molecule has 80 valence electrons. The van der Waals surface area contributed by atoms with Crippen molar-refractivity contribution in [2.45, 2.75) is 20.4 Å². The zero-order valence-corrected chi connectivity index (χ0v) is 8.78. The van der Waals surface area contributed by atoms with Crippen LogP contribution in [0.25, 0.3) is 11.6 Å². The maximum Gasteiger partial charge on any atom is 0.241 e. The van der Waals surface area contributed by atoms with Gasteiger partial charge in [0, 0.05) is 0 Å². The normalized spacial score (nSPS) is 10.8. The predicted octanol–water partition coefficient (Wildman–Crippen LogP) is 1.75. The molecular formula is C10H13N3O2. The van der Waals surface area contributed by atoms with Crippen molar-refractivity contribution in [1.29, 1.82) is 0 Å². The quantitative estimate of drug-likeness (QED) is 0.827. The van der Waals surface area contributed by atoms with Crippen LogP contribution < -0.4 is 5.32 Å². The summed E-state index contributed by atoms with van der Waals surface area (Å²) in [7, 11) is 0. The van der Waals surface area contributed by atoms with E-state index in [9.17, 15) is 0 Å². The van der Waals surface area contributed by atoms with E-state index in [1.165, 1.54) is 0 Å². The molecule has 0 amide bonds. The number of nitrogens with zero attached hydrogens (tertiary/aromatic N) is 2. The molecule has 0 spiro atoms. The lowest BCUT2D eigenvalue weighted by Crippen LogP contribution is -2.11. The number of aryl methyl sites for hydroxylation is 1. The van der Waals surface area contributed by atoms with Crippen molar-refractivity contribution >= 4 is 0 Å². The molecule has 0 saturated heterocycles. The molecule has 0 aromatic carbocycles. The minimum Gasteiger partial charge on any atom is -0.461 e. The number of furan rings is 1. The third kappa shape index (κ3) is 2.07. The molecule has 2 aromatic heterocycles. The summed E-state index contributed by atoms with van der Waals surface area (Å²) in [5.74, 6) is 1.74. The third-order valence-electron chi connectivity index (χ3n) is 2.06. The fourth-order valence-electron chi connectivity index (χ4n) is 1.25. The minimum atomic E-state index is 0.505. The molecule has 2 heterocycles. The van der Waals surface area contributed by atoms with Gasteiger partial charge in [0.15, 0.2) is 5.76 Å². The van der Waals surface area contributed by atoms with E-state index in [-0.39, 0.29) is 0 Å². The van der Waals surface area contributed by atoms with Crippen molar-refractivity contribution in [2.24, 2.45) is 0 Å². The van der Waals surface area contributed by atoms with Crippen LogP contribution in [0, 0.1) is 6.92 Å². The number of nitrogens with one attached hydrogen (secondary N) is 1. The van der Waals surface area contributed by atoms with E-state index in [1.807, 2.05) is 19.9 Å². The topological polar surface area (TPSA) is 64.1 Å². The van der Waals surface area contributed by atoms with Crippen LogP contribution in [0.2, 0.25) is 0 Å². The van der Waals surface area contributed by atoms with Crippen LogP contribution in [0.4, 0.5) is 0 Å². The Morgan fingerprint density at radius 2 is 2.33 bits per heavy atom. The van der Waals surface area contributed by atoms with Crippen molar-refractivity contribution in [2.75, 3.05) is 6.54 Å². The van der Waals surface area contributed by atoms with E-state index in [4.69, 9.17) is 8.94 Å². The zero-order valence-electron chi connectivity index (χ0n) is 8.78. The van der Waals surface area contributed by atoms with Gasteiger partial charge in [-0.05, 0) is 25.1 Å². The Hall–Kier alpha value is -1.62. The molecular weight excluding hydrogens is 194 g/mol. The first-order valence-corrected chi connectivity index (χ1v) is 4.89. The van der Waals surface area contributed by atoms with Crippen molar-refractivity contribution in [1.82, 2.24) is 15.5 Å². The highest BCUT2D eigenvalue weighted by atomic mass is 16.5. The lowest BCUT2D eigenvalue weighted by molar-refractivity contribution is 0.368. The fraction of sp³-hybridized carbons (Fsp3) is 0.400. The molecule has 0 aliphatic carbocycles. The Morgan fingerprint density at radius 1 is 1.47 bits per heavy atom. The first-order chi connectivity index (χ1) is 7.31. The number of rotatable bonds is 4. The van der Waals surface area contributed by atoms with E-state index in [0.29, 0.717) is 24.0 Å². The maximum atomic E-state index is 5.26. The highest BCUT2D eigenvalue weighted by molar-refractivity contribution is 5.50. The highest BCUT2D eigenvalue weighted by Gasteiger charge is 2.12. The first kappa shape index (κ1) is 9.92. The van der Waals surface area contributed by atoms with Gasteiger partial charge in [0.1, 0.15) is 0 Å². The van der Waals surface area contributed by atoms with Crippen LogP contribution in [0.5, 0.6) is 0 Å². The number of aromatic nitrogens is 2. The van der Waals surface area contributed by atoms with Gasteiger partial charge in [-0.15, -0.1) is 0 Å². The van der Waals surface area contributed by atoms with Crippen molar-refractivity contribution in [3.8, 4) is 11.6 Å². The first-order valence-electron chi connectivity index (χ1n) is 4.89. The Balaban J connectivity index is 2.17. The second-order valence-electron chi connectivity index (χ2n) is 3.22. The molecule has 2 aromatic rings. The molecule has 2 rings (SSSR count). The average Bonchev–Trinajstić information content (AvgIpc) is 2.83. The molecule has 5 heteroatoms. The van der Waals surface area contributed by atoms with Gasteiger partial charge in [0.05, 0.1) is 12.8 Å². The van der Waals surface area contributed by atoms with Gasteiger partial charge in [0.25, 0.3) is 0 Å². The molecule has 5 nitrogen and oxygen atoms in total. The average molecular weight is 207 g/mol. The third-order valence-corrected chi connectivity index (χ3v) is 2.06. The summed E-state index contributed by atoms with van der Waals surface area (Å²) in [6, 6.07) is 1.87. The van der Waals surface area contributed by atoms with Gasteiger partial charge in [-0.3, -0.25) is 0 Å². The summed E-state index contributed by atoms with van der Waals surface area (Å²) < 4.78 is 10.3. The Morgan fingerprint density at radius 3 is 3.00 bits per heavy atom. The Labute approximate surface area is 87.5 Å². The van der Waals surface area contributed by atoms with E-state index in [0.717, 1.165) is 12.1 Å². The van der Waals surface area contributed by atoms with Gasteiger partial charge in [0.2, 0.25) is 11.7 Å².